The summed E-state index contributed by atoms with van der Waals surface area (Å²) in [5.41, 5.74) is 0.621. The highest BCUT2D eigenvalue weighted by Gasteiger charge is 2.26. The molecule has 0 aliphatic heterocycles. The van der Waals surface area contributed by atoms with Gasteiger partial charge in [0.1, 0.15) is 0 Å². The fourth-order valence-corrected chi connectivity index (χ4v) is 2.94. The van der Waals surface area contributed by atoms with Crippen LogP contribution < -0.4 is 10.1 Å². The molecule has 1 aromatic carbocycles. The van der Waals surface area contributed by atoms with Gasteiger partial charge in [-0.3, -0.25) is 4.79 Å². The molecule has 0 heterocycles. The van der Waals surface area contributed by atoms with Crippen molar-refractivity contribution in [2.45, 2.75) is 25.7 Å². The van der Waals surface area contributed by atoms with Crippen LogP contribution in [-0.4, -0.2) is 31.3 Å². The molecule has 1 saturated carbocycles. The van der Waals surface area contributed by atoms with E-state index in [9.17, 15) is 14.3 Å². The molecule has 4 nitrogen and oxygen atoms in total. The minimum atomic E-state index is -0.459. The second kappa shape index (κ2) is 7.41. The summed E-state index contributed by atoms with van der Waals surface area (Å²) in [7, 11) is 1.41. The number of carbonyl (C=O) groups is 1. The van der Waals surface area contributed by atoms with Crippen molar-refractivity contribution in [3.05, 3.63) is 29.6 Å². The van der Waals surface area contributed by atoms with Gasteiger partial charge in [-0.15, -0.1) is 0 Å². The number of halogens is 1. The van der Waals surface area contributed by atoms with Crippen LogP contribution in [-0.2, 0) is 11.2 Å². The highest BCUT2D eigenvalue weighted by Crippen LogP contribution is 2.30. The zero-order chi connectivity index (χ0) is 15.2. The largest absolute Gasteiger partial charge is 0.494 e. The van der Waals surface area contributed by atoms with E-state index in [4.69, 9.17) is 4.74 Å². The van der Waals surface area contributed by atoms with Gasteiger partial charge in [0, 0.05) is 13.2 Å². The molecule has 5 heteroatoms. The van der Waals surface area contributed by atoms with Gasteiger partial charge in [0.2, 0.25) is 5.91 Å². The third-order valence-corrected chi connectivity index (χ3v) is 4.19. The molecule has 2 rings (SSSR count). The molecule has 1 fully saturated rings. The van der Waals surface area contributed by atoms with Gasteiger partial charge < -0.3 is 15.2 Å². The molecule has 0 radical (unpaired) electrons. The minimum Gasteiger partial charge on any atom is -0.494 e. The van der Waals surface area contributed by atoms with Crippen molar-refractivity contribution >= 4 is 5.91 Å². The fraction of sp³-hybridized carbons (Fsp3) is 0.562. The molecule has 1 amide bonds. The van der Waals surface area contributed by atoms with Gasteiger partial charge >= 0.3 is 0 Å². The highest BCUT2D eigenvalue weighted by molar-refractivity contribution is 5.78. The lowest BCUT2D eigenvalue weighted by molar-refractivity contribution is -0.120. The molecule has 0 saturated heterocycles. The number of ether oxygens (including phenoxy) is 1. The molecule has 21 heavy (non-hydrogen) atoms. The Bertz CT molecular complexity index is 492. The first-order chi connectivity index (χ1) is 10.1. The van der Waals surface area contributed by atoms with Crippen LogP contribution in [0.25, 0.3) is 0 Å². The Hall–Kier alpha value is -1.62. The Morgan fingerprint density at radius 3 is 2.86 bits per heavy atom. The Kier molecular flexibility index (Phi) is 5.56. The van der Waals surface area contributed by atoms with Crippen LogP contribution >= 0.6 is 0 Å². The lowest BCUT2D eigenvalue weighted by Crippen LogP contribution is -2.32. The SMILES string of the molecule is COc1ccc(CC(=O)NCC2CCCC2CO)cc1F. The third kappa shape index (κ3) is 4.17. The number of aliphatic hydroxyl groups is 1. The van der Waals surface area contributed by atoms with Gasteiger partial charge in [-0.05, 0) is 42.4 Å². The third-order valence-electron chi connectivity index (χ3n) is 4.19. The molecular formula is C16H22FNO3. The van der Waals surface area contributed by atoms with E-state index in [0.29, 0.717) is 23.9 Å². The van der Waals surface area contributed by atoms with E-state index in [-0.39, 0.29) is 24.7 Å². The summed E-state index contributed by atoms with van der Waals surface area (Å²) in [5, 5.41) is 12.1. The zero-order valence-electron chi connectivity index (χ0n) is 12.3. The van der Waals surface area contributed by atoms with Gasteiger partial charge in [-0.2, -0.15) is 0 Å². The topological polar surface area (TPSA) is 58.6 Å². The van der Waals surface area contributed by atoms with Crippen molar-refractivity contribution < 1.29 is 19.0 Å². The molecule has 1 aromatic rings. The molecule has 1 aliphatic rings. The van der Waals surface area contributed by atoms with Crippen LogP contribution in [0.3, 0.4) is 0 Å². The van der Waals surface area contributed by atoms with Crippen molar-refractivity contribution in [3.63, 3.8) is 0 Å². The number of methoxy groups -OCH3 is 1. The van der Waals surface area contributed by atoms with Crippen molar-refractivity contribution in [2.75, 3.05) is 20.3 Å². The van der Waals surface area contributed by atoms with Crippen molar-refractivity contribution in [1.82, 2.24) is 5.32 Å². The first kappa shape index (κ1) is 15.8. The summed E-state index contributed by atoms with van der Waals surface area (Å²) in [6.45, 7) is 0.771. The number of hydrogen-bond donors (Lipinski definition) is 2. The predicted molar refractivity (Wildman–Crippen MR) is 77.6 cm³/mol. The molecular weight excluding hydrogens is 273 g/mol. The standard InChI is InChI=1S/C16H22FNO3/c1-21-15-6-5-11(7-14(15)17)8-16(20)18-9-12-3-2-4-13(12)10-19/h5-7,12-13,19H,2-4,8-10H2,1H3,(H,18,20). The van der Waals surface area contributed by atoms with E-state index >= 15 is 0 Å². The Balaban J connectivity index is 1.83. The van der Waals surface area contributed by atoms with Crippen LogP contribution in [0, 0.1) is 17.7 Å². The molecule has 0 bridgehead atoms. The quantitative estimate of drug-likeness (QED) is 0.843. The van der Waals surface area contributed by atoms with Crippen LogP contribution in [0.4, 0.5) is 4.39 Å². The highest BCUT2D eigenvalue weighted by atomic mass is 19.1. The molecule has 2 unspecified atom stereocenters. The van der Waals surface area contributed by atoms with Crippen molar-refractivity contribution in [2.24, 2.45) is 11.8 Å². The van der Waals surface area contributed by atoms with E-state index in [1.165, 1.54) is 19.2 Å². The van der Waals surface area contributed by atoms with Crippen molar-refractivity contribution in [1.29, 1.82) is 0 Å². The maximum Gasteiger partial charge on any atom is 0.224 e. The second-order valence-corrected chi connectivity index (χ2v) is 5.58. The molecule has 2 atom stereocenters. The first-order valence-electron chi connectivity index (χ1n) is 7.34. The molecule has 116 valence electrons. The number of carbonyl (C=O) groups excluding carboxylic acids is 1. The summed E-state index contributed by atoms with van der Waals surface area (Å²) >= 11 is 0. The zero-order valence-corrected chi connectivity index (χ0v) is 12.3. The van der Waals surface area contributed by atoms with E-state index in [1.54, 1.807) is 6.07 Å². The van der Waals surface area contributed by atoms with Crippen LogP contribution in [0.1, 0.15) is 24.8 Å². The average molecular weight is 295 g/mol. The molecule has 1 aliphatic carbocycles. The van der Waals surface area contributed by atoms with Crippen LogP contribution in [0.2, 0.25) is 0 Å². The lowest BCUT2D eigenvalue weighted by atomic mass is 9.97. The fourth-order valence-electron chi connectivity index (χ4n) is 2.94. The van der Waals surface area contributed by atoms with Crippen LogP contribution in [0.15, 0.2) is 18.2 Å². The number of amides is 1. The summed E-state index contributed by atoms with van der Waals surface area (Å²) in [6, 6.07) is 4.54. The second-order valence-electron chi connectivity index (χ2n) is 5.58. The van der Waals surface area contributed by atoms with Gasteiger partial charge in [-0.25, -0.2) is 4.39 Å². The van der Waals surface area contributed by atoms with Crippen molar-refractivity contribution in [3.8, 4) is 5.75 Å². The molecule has 0 spiro atoms. The average Bonchev–Trinajstić information content (AvgIpc) is 2.93. The Labute approximate surface area is 124 Å². The van der Waals surface area contributed by atoms with Gasteiger partial charge in [-0.1, -0.05) is 12.5 Å². The van der Waals surface area contributed by atoms with E-state index in [2.05, 4.69) is 5.32 Å². The minimum absolute atomic E-state index is 0.122. The summed E-state index contributed by atoms with van der Waals surface area (Å²) in [4.78, 5) is 11.9. The Morgan fingerprint density at radius 1 is 1.43 bits per heavy atom. The number of nitrogens with one attached hydrogen (secondary N) is 1. The summed E-state index contributed by atoms with van der Waals surface area (Å²) in [6.07, 6.45) is 3.33. The van der Waals surface area contributed by atoms with E-state index in [0.717, 1.165) is 19.3 Å². The number of rotatable bonds is 6. The van der Waals surface area contributed by atoms with Gasteiger partial charge in [0.05, 0.1) is 13.5 Å². The number of benzene rings is 1. The van der Waals surface area contributed by atoms with Gasteiger partial charge in [0.15, 0.2) is 11.6 Å². The monoisotopic (exact) mass is 295 g/mol. The Morgan fingerprint density at radius 2 is 2.19 bits per heavy atom. The first-order valence-corrected chi connectivity index (χ1v) is 7.34. The summed E-state index contributed by atoms with van der Waals surface area (Å²) < 4.78 is 18.4. The smallest absolute Gasteiger partial charge is 0.224 e. The maximum atomic E-state index is 13.5. The predicted octanol–water partition coefficient (Wildman–Crippen LogP) is 1.90. The van der Waals surface area contributed by atoms with E-state index < -0.39 is 5.82 Å². The van der Waals surface area contributed by atoms with Crippen LogP contribution in [0.5, 0.6) is 5.75 Å². The van der Waals surface area contributed by atoms with E-state index in [1.807, 2.05) is 0 Å². The molecule has 2 N–H and O–H groups in total. The molecule has 0 aromatic heterocycles. The number of hydrogen-bond acceptors (Lipinski definition) is 3. The van der Waals surface area contributed by atoms with Gasteiger partial charge in [0.25, 0.3) is 0 Å². The lowest BCUT2D eigenvalue weighted by Gasteiger charge is -2.17. The maximum absolute atomic E-state index is 13.5. The summed E-state index contributed by atoms with van der Waals surface area (Å²) in [5.74, 6) is 0.244. The number of aliphatic hydroxyl groups excluding tert-OH is 1. The normalized spacial score (nSPS) is 21.3.